The second-order valence-electron chi connectivity index (χ2n) is 6.97. The van der Waals surface area contributed by atoms with Crippen LogP contribution in [0.5, 0.6) is 5.75 Å². The van der Waals surface area contributed by atoms with Crippen molar-refractivity contribution in [2.24, 2.45) is 0 Å². The quantitative estimate of drug-likeness (QED) is 0.714. The number of aromatic nitrogens is 4. The Morgan fingerprint density at radius 2 is 2.07 bits per heavy atom. The Balaban J connectivity index is 1.70. The number of hydrogen-bond acceptors (Lipinski definition) is 6. The van der Waals surface area contributed by atoms with Crippen molar-refractivity contribution in [2.45, 2.75) is 25.1 Å². The lowest BCUT2D eigenvalue weighted by Gasteiger charge is -2.30. The number of nitrogens with zero attached hydrogens (tertiary/aromatic N) is 5. The number of likely N-dealkylation sites (tertiary alicyclic amines) is 1. The van der Waals surface area contributed by atoms with Gasteiger partial charge in [-0.1, -0.05) is 0 Å². The fourth-order valence-electron chi connectivity index (χ4n) is 3.49. The van der Waals surface area contributed by atoms with Crippen LogP contribution in [0.1, 0.15) is 18.4 Å². The molecule has 0 unspecified atom stereocenters. The summed E-state index contributed by atoms with van der Waals surface area (Å²) in [5, 5.41) is 21.8. The summed E-state index contributed by atoms with van der Waals surface area (Å²) < 4.78 is 40.1. The minimum absolute atomic E-state index is 0.146. The van der Waals surface area contributed by atoms with Gasteiger partial charge in [-0.3, -0.25) is 4.40 Å². The fourth-order valence-corrected chi connectivity index (χ4v) is 3.49. The van der Waals surface area contributed by atoms with Crippen LogP contribution in [0.2, 0.25) is 0 Å². The van der Waals surface area contributed by atoms with Crippen molar-refractivity contribution < 1.29 is 18.3 Å². The Morgan fingerprint density at radius 3 is 2.79 bits per heavy atom. The Labute approximate surface area is 158 Å². The molecule has 4 rings (SSSR count). The number of anilines is 1. The van der Waals surface area contributed by atoms with Crippen LogP contribution >= 0.6 is 0 Å². The van der Waals surface area contributed by atoms with Crippen LogP contribution in [0.4, 0.5) is 19.0 Å². The largest absolute Gasteiger partial charge is 0.507 e. The Hall–Kier alpha value is -2.88. The number of hydrogen-bond donors (Lipinski definition) is 2. The number of likely N-dealkylation sites (N-methyl/N-ethyl adjacent to an activating group) is 1. The standard InChI is InChI=1S/C18H19F3N6O/c1-26-7-2-3-12(10-26)23-15-17-22-6-8-27(17)16(25-24-15)13-5-4-11(9-14(13)28)18(19,20)21/h4-6,8-9,12,28H,2-3,7,10H2,1H3,(H,23,24)/t12-/m1/s1. The summed E-state index contributed by atoms with van der Waals surface area (Å²) in [6.45, 7) is 1.92. The van der Waals surface area contributed by atoms with E-state index in [1.54, 1.807) is 16.8 Å². The molecular weight excluding hydrogens is 373 g/mol. The maximum atomic E-state index is 12.8. The van der Waals surface area contributed by atoms with Gasteiger partial charge in [0.1, 0.15) is 5.75 Å². The van der Waals surface area contributed by atoms with E-state index in [-0.39, 0.29) is 17.4 Å². The molecule has 0 aliphatic carbocycles. The lowest BCUT2D eigenvalue weighted by molar-refractivity contribution is -0.137. The molecule has 7 nitrogen and oxygen atoms in total. The van der Waals surface area contributed by atoms with Gasteiger partial charge in [0.2, 0.25) is 0 Å². The van der Waals surface area contributed by atoms with Crippen molar-refractivity contribution in [3.05, 3.63) is 36.2 Å². The molecule has 0 saturated carbocycles. The van der Waals surface area contributed by atoms with Crippen LogP contribution in [0.15, 0.2) is 30.6 Å². The summed E-state index contributed by atoms with van der Waals surface area (Å²) in [7, 11) is 2.06. The molecule has 148 valence electrons. The molecule has 1 aromatic carbocycles. The summed E-state index contributed by atoms with van der Waals surface area (Å²) in [5.41, 5.74) is -0.284. The van der Waals surface area contributed by atoms with Gasteiger partial charge in [0.05, 0.1) is 11.1 Å². The monoisotopic (exact) mass is 392 g/mol. The van der Waals surface area contributed by atoms with Crippen molar-refractivity contribution >= 4 is 11.5 Å². The van der Waals surface area contributed by atoms with E-state index in [0.717, 1.165) is 32.0 Å². The summed E-state index contributed by atoms with van der Waals surface area (Å²) in [6, 6.07) is 2.98. The summed E-state index contributed by atoms with van der Waals surface area (Å²) in [6.07, 6.45) is 0.729. The van der Waals surface area contributed by atoms with E-state index in [4.69, 9.17) is 0 Å². The van der Waals surface area contributed by atoms with Crippen LogP contribution in [0.3, 0.4) is 0 Å². The zero-order chi connectivity index (χ0) is 19.9. The minimum Gasteiger partial charge on any atom is -0.507 e. The number of rotatable bonds is 3. The lowest BCUT2D eigenvalue weighted by Crippen LogP contribution is -2.40. The molecule has 0 spiro atoms. The maximum Gasteiger partial charge on any atom is 0.416 e. The van der Waals surface area contributed by atoms with E-state index in [2.05, 4.69) is 32.4 Å². The molecule has 3 heterocycles. The Kier molecular flexibility index (Phi) is 4.58. The zero-order valence-corrected chi connectivity index (χ0v) is 15.1. The molecule has 1 atom stereocenters. The first-order valence-electron chi connectivity index (χ1n) is 8.88. The molecule has 0 amide bonds. The third-order valence-corrected chi connectivity index (χ3v) is 4.86. The third kappa shape index (κ3) is 3.47. The van der Waals surface area contributed by atoms with Gasteiger partial charge in [0.15, 0.2) is 17.3 Å². The fraction of sp³-hybridized carbons (Fsp3) is 0.389. The number of aromatic hydroxyl groups is 1. The molecular formula is C18H19F3N6O. The first-order valence-corrected chi connectivity index (χ1v) is 8.88. The molecule has 0 bridgehead atoms. The first kappa shape index (κ1) is 18.5. The molecule has 1 aliphatic heterocycles. The summed E-state index contributed by atoms with van der Waals surface area (Å²) in [4.78, 5) is 6.53. The molecule has 10 heteroatoms. The van der Waals surface area contributed by atoms with Gasteiger partial charge in [0, 0.05) is 25.0 Å². The van der Waals surface area contributed by atoms with E-state index < -0.39 is 17.5 Å². The number of nitrogens with one attached hydrogen (secondary N) is 1. The van der Waals surface area contributed by atoms with Crippen molar-refractivity contribution in [3.8, 4) is 17.1 Å². The van der Waals surface area contributed by atoms with Gasteiger partial charge in [-0.2, -0.15) is 13.2 Å². The van der Waals surface area contributed by atoms with E-state index in [1.165, 1.54) is 6.07 Å². The van der Waals surface area contributed by atoms with Crippen LogP contribution in [-0.4, -0.2) is 55.8 Å². The molecule has 1 saturated heterocycles. The van der Waals surface area contributed by atoms with Crippen LogP contribution in [-0.2, 0) is 6.18 Å². The smallest absolute Gasteiger partial charge is 0.416 e. The highest BCUT2D eigenvalue weighted by Gasteiger charge is 2.31. The van der Waals surface area contributed by atoms with Gasteiger partial charge < -0.3 is 15.3 Å². The highest BCUT2D eigenvalue weighted by molar-refractivity contribution is 5.71. The molecule has 3 aromatic rings. The maximum absolute atomic E-state index is 12.8. The van der Waals surface area contributed by atoms with E-state index >= 15 is 0 Å². The second kappa shape index (κ2) is 6.93. The highest BCUT2D eigenvalue weighted by Crippen LogP contribution is 2.36. The second-order valence-corrected chi connectivity index (χ2v) is 6.97. The van der Waals surface area contributed by atoms with E-state index in [1.807, 2.05) is 0 Å². The van der Waals surface area contributed by atoms with Gasteiger partial charge in [-0.15, -0.1) is 10.2 Å². The summed E-state index contributed by atoms with van der Waals surface area (Å²) in [5.74, 6) is 0.194. The molecule has 1 aliphatic rings. The summed E-state index contributed by atoms with van der Waals surface area (Å²) >= 11 is 0. The zero-order valence-electron chi connectivity index (χ0n) is 15.1. The van der Waals surface area contributed by atoms with Crippen molar-refractivity contribution in [3.63, 3.8) is 0 Å². The molecule has 2 aromatic heterocycles. The number of phenolic OH excluding ortho intramolecular Hbond substituents is 1. The number of piperidine rings is 1. The SMILES string of the molecule is CN1CCC[C@@H](Nc2nnc(-c3ccc(C(F)(F)F)cc3O)n3ccnc23)C1. The number of alkyl halides is 3. The van der Waals surface area contributed by atoms with Gasteiger partial charge in [-0.25, -0.2) is 4.98 Å². The average Bonchev–Trinajstić information content (AvgIpc) is 3.12. The molecule has 2 N–H and O–H groups in total. The number of benzene rings is 1. The van der Waals surface area contributed by atoms with E-state index in [0.29, 0.717) is 17.5 Å². The highest BCUT2D eigenvalue weighted by atomic mass is 19.4. The van der Waals surface area contributed by atoms with Crippen molar-refractivity contribution in [2.75, 3.05) is 25.5 Å². The molecule has 1 fully saturated rings. The van der Waals surface area contributed by atoms with Crippen LogP contribution in [0.25, 0.3) is 17.0 Å². The van der Waals surface area contributed by atoms with Crippen LogP contribution in [0, 0.1) is 0 Å². The predicted molar refractivity (Wildman–Crippen MR) is 97.0 cm³/mol. The molecule has 0 radical (unpaired) electrons. The first-order chi connectivity index (χ1) is 13.3. The molecule has 28 heavy (non-hydrogen) atoms. The van der Waals surface area contributed by atoms with Crippen molar-refractivity contribution in [1.29, 1.82) is 0 Å². The van der Waals surface area contributed by atoms with Gasteiger partial charge >= 0.3 is 6.18 Å². The topological polar surface area (TPSA) is 78.6 Å². The number of halogens is 3. The predicted octanol–water partition coefficient (Wildman–Crippen LogP) is 3.02. The Morgan fingerprint density at radius 1 is 1.25 bits per heavy atom. The van der Waals surface area contributed by atoms with Crippen LogP contribution < -0.4 is 5.32 Å². The lowest BCUT2D eigenvalue weighted by atomic mass is 10.1. The number of fused-ring (bicyclic) bond motifs is 1. The number of imidazole rings is 1. The van der Waals surface area contributed by atoms with Crippen molar-refractivity contribution in [1.82, 2.24) is 24.5 Å². The average molecular weight is 392 g/mol. The Bertz CT molecular complexity index is 1000. The third-order valence-electron chi connectivity index (χ3n) is 4.86. The normalized spacial score (nSPS) is 18.5. The van der Waals surface area contributed by atoms with E-state index in [9.17, 15) is 18.3 Å². The number of phenols is 1. The van der Waals surface area contributed by atoms with Gasteiger partial charge in [0.25, 0.3) is 0 Å². The minimum atomic E-state index is -4.53. The van der Waals surface area contributed by atoms with Gasteiger partial charge in [-0.05, 0) is 44.6 Å².